The molecule has 1 heterocycles. The van der Waals surface area contributed by atoms with Crippen molar-refractivity contribution in [3.05, 3.63) is 30.1 Å². The van der Waals surface area contributed by atoms with Gasteiger partial charge in [0.15, 0.2) is 5.82 Å². The van der Waals surface area contributed by atoms with E-state index in [0.29, 0.717) is 9.69 Å². The molecule has 0 aliphatic carbocycles. The Bertz CT molecular complexity index is 1090. The van der Waals surface area contributed by atoms with Crippen molar-refractivity contribution < 1.29 is 37.0 Å². The predicted octanol–water partition coefficient (Wildman–Crippen LogP) is 0.135. The second-order valence-electron chi connectivity index (χ2n) is 6.24. The Kier molecular flexibility index (Phi) is 5.48. The third kappa shape index (κ3) is 4.03. The third-order valence-corrected chi connectivity index (χ3v) is 5.65. The predicted molar refractivity (Wildman–Crippen MR) is 100 cm³/mol. The van der Waals surface area contributed by atoms with Crippen LogP contribution in [-0.4, -0.2) is 51.7 Å². The van der Waals surface area contributed by atoms with E-state index < -0.39 is 51.9 Å². The van der Waals surface area contributed by atoms with Gasteiger partial charge >= 0.3 is 16.2 Å². The normalized spacial score (nSPS) is 16.5. The fourth-order valence-corrected chi connectivity index (χ4v) is 4.02. The minimum atomic E-state index is -4.30. The minimum Gasteiger partial charge on any atom is -0.506 e. The Labute approximate surface area is 165 Å². The zero-order valence-corrected chi connectivity index (χ0v) is 16.0. The Morgan fingerprint density at radius 2 is 2.14 bits per heavy atom. The van der Waals surface area contributed by atoms with Crippen LogP contribution in [0, 0.1) is 5.82 Å². The number of methoxy groups -OCH3 is 1. The van der Waals surface area contributed by atoms with Gasteiger partial charge in [-0.05, 0) is 23.6 Å². The molecule has 12 heteroatoms. The molecule has 1 saturated heterocycles. The molecule has 0 spiro atoms. The summed E-state index contributed by atoms with van der Waals surface area (Å²) >= 11 is 0. The average molecular weight is 427 g/mol. The van der Waals surface area contributed by atoms with E-state index in [-0.39, 0.29) is 24.2 Å². The first-order valence-corrected chi connectivity index (χ1v) is 9.83. The molecule has 0 aromatic heterocycles. The Balaban J connectivity index is 1.90. The molecule has 1 atom stereocenters. The molecule has 1 aliphatic rings. The number of phenolic OH excluding ortho intramolecular Hbond substituents is 1. The van der Waals surface area contributed by atoms with E-state index in [4.69, 9.17) is 10.5 Å². The van der Waals surface area contributed by atoms with Crippen LogP contribution >= 0.6 is 0 Å². The van der Waals surface area contributed by atoms with E-state index in [1.807, 2.05) is 0 Å². The molecule has 0 radical (unpaired) electrons. The number of esters is 1. The van der Waals surface area contributed by atoms with Gasteiger partial charge in [0.25, 0.3) is 5.91 Å². The first-order valence-electron chi connectivity index (χ1n) is 8.39. The Hall–Kier alpha value is -3.12. The van der Waals surface area contributed by atoms with Gasteiger partial charge in [0.2, 0.25) is 0 Å². The van der Waals surface area contributed by atoms with Gasteiger partial charge in [0.05, 0.1) is 13.7 Å². The van der Waals surface area contributed by atoms with E-state index in [1.54, 1.807) is 4.72 Å². The smallest absolute Gasteiger partial charge is 0.326 e. The van der Waals surface area contributed by atoms with Crippen molar-refractivity contribution in [3.63, 3.8) is 0 Å². The maximum Gasteiger partial charge on any atom is 0.326 e. The number of anilines is 1. The van der Waals surface area contributed by atoms with Crippen molar-refractivity contribution in [2.75, 3.05) is 24.6 Å². The topological polar surface area (TPSA) is 148 Å². The molecule has 2 aromatic carbocycles. The Morgan fingerprint density at radius 3 is 2.76 bits per heavy atom. The molecule has 0 saturated carbocycles. The molecule has 0 unspecified atom stereocenters. The number of fused-ring (bicyclic) bond motifs is 1. The van der Waals surface area contributed by atoms with Crippen LogP contribution in [0.2, 0.25) is 0 Å². The number of aromatic hydroxyl groups is 1. The summed E-state index contributed by atoms with van der Waals surface area (Å²) in [7, 11) is -3.09. The van der Waals surface area contributed by atoms with Crippen LogP contribution in [0.25, 0.3) is 10.8 Å². The van der Waals surface area contributed by atoms with Gasteiger partial charge in [-0.2, -0.15) is 8.42 Å². The number of benzene rings is 2. The van der Waals surface area contributed by atoms with Crippen molar-refractivity contribution in [2.45, 2.75) is 12.5 Å². The highest BCUT2D eigenvalue weighted by Crippen LogP contribution is 2.39. The van der Waals surface area contributed by atoms with E-state index in [0.717, 1.165) is 0 Å². The quantitative estimate of drug-likeness (QED) is 0.551. The van der Waals surface area contributed by atoms with Crippen molar-refractivity contribution in [3.8, 4) is 11.5 Å². The molecule has 1 aliphatic heterocycles. The lowest BCUT2D eigenvalue weighted by Crippen LogP contribution is -2.33. The summed E-state index contributed by atoms with van der Waals surface area (Å²) < 4.78 is 51.3. The van der Waals surface area contributed by atoms with Gasteiger partial charge in [0, 0.05) is 11.8 Å². The standard InChI is InChI=1S/C17H18FN3O7S/c1-27-17(24)12(19)4-5-28-10-3-2-9-6-13(22)16(15(18)11(9)7-10)21-8-14(23)20-29(21,25)26/h2-3,6-7,12,22H,4-5,8,19H2,1H3,(H,20,23)/t12-/m0/s1. The molecule has 3 rings (SSSR count). The molecular weight excluding hydrogens is 409 g/mol. The molecule has 10 nitrogen and oxygen atoms in total. The van der Waals surface area contributed by atoms with Crippen LogP contribution in [0.15, 0.2) is 24.3 Å². The number of ether oxygens (including phenoxy) is 2. The number of nitrogens with one attached hydrogen (secondary N) is 1. The van der Waals surface area contributed by atoms with Crippen molar-refractivity contribution in [1.82, 2.24) is 4.72 Å². The number of hydrogen-bond donors (Lipinski definition) is 3. The number of hydrogen-bond acceptors (Lipinski definition) is 8. The molecule has 2 aromatic rings. The van der Waals surface area contributed by atoms with Gasteiger partial charge in [-0.25, -0.2) is 13.4 Å². The summed E-state index contributed by atoms with van der Waals surface area (Å²) in [6, 6.07) is 4.62. The van der Waals surface area contributed by atoms with Crippen LogP contribution in [0.5, 0.6) is 11.5 Å². The molecule has 1 amide bonds. The van der Waals surface area contributed by atoms with Gasteiger partial charge in [-0.3, -0.25) is 9.59 Å². The largest absolute Gasteiger partial charge is 0.506 e. The second-order valence-corrected chi connectivity index (χ2v) is 7.84. The SMILES string of the molecule is COC(=O)[C@@H](N)CCOc1ccc2cc(O)c(N3CC(=O)NS3(=O)=O)c(F)c2c1. The van der Waals surface area contributed by atoms with Crippen LogP contribution in [0.3, 0.4) is 0 Å². The number of nitrogens with zero attached hydrogens (tertiary/aromatic N) is 1. The molecule has 1 fully saturated rings. The maximum absolute atomic E-state index is 15.1. The number of nitrogens with two attached hydrogens (primary N) is 1. The molecule has 4 N–H and O–H groups in total. The summed E-state index contributed by atoms with van der Waals surface area (Å²) in [5.74, 6) is -2.86. The van der Waals surface area contributed by atoms with E-state index >= 15 is 4.39 Å². The van der Waals surface area contributed by atoms with Crippen LogP contribution < -0.4 is 19.5 Å². The van der Waals surface area contributed by atoms with Crippen molar-refractivity contribution in [2.24, 2.45) is 5.73 Å². The number of rotatable bonds is 6. The van der Waals surface area contributed by atoms with Gasteiger partial charge in [-0.1, -0.05) is 6.07 Å². The zero-order valence-electron chi connectivity index (χ0n) is 15.2. The molecule has 156 valence electrons. The van der Waals surface area contributed by atoms with Crippen LogP contribution in [0.4, 0.5) is 10.1 Å². The first kappa shape index (κ1) is 20.6. The third-order valence-electron chi connectivity index (χ3n) is 4.28. The highest BCUT2D eigenvalue weighted by atomic mass is 32.2. The maximum atomic E-state index is 15.1. The van der Waals surface area contributed by atoms with Crippen molar-refractivity contribution in [1.29, 1.82) is 0 Å². The number of phenols is 1. The van der Waals surface area contributed by atoms with Gasteiger partial charge in [-0.15, -0.1) is 0 Å². The molecule has 0 bridgehead atoms. The fourth-order valence-electron chi connectivity index (χ4n) is 2.85. The second kappa shape index (κ2) is 7.72. The van der Waals surface area contributed by atoms with Crippen molar-refractivity contribution >= 4 is 38.5 Å². The molecular formula is C17H18FN3O7S. The van der Waals surface area contributed by atoms with Crippen LogP contribution in [0.1, 0.15) is 6.42 Å². The van der Waals surface area contributed by atoms with Gasteiger partial charge < -0.3 is 20.3 Å². The highest BCUT2D eigenvalue weighted by Gasteiger charge is 2.37. The lowest BCUT2D eigenvalue weighted by molar-refractivity contribution is -0.142. The number of halogens is 1. The number of carbonyl (C=O) groups is 2. The fraction of sp³-hybridized carbons (Fsp3) is 0.294. The summed E-state index contributed by atoms with van der Waals surface area (Å²) in [5.41, 5.74) is 4.97. The summed E-state index contributed by atoms with van der Waals surface area (Å²) in [6.07, 6.45) is 0.161. The monoisotopic (exact) mass is 427 g/mol. The van der Waals surface area contributed by atoms with E-state index in [2.05, 4.69) is 4.74 Å². The summed E-state index contributed by atoms with van der Waals surface area (Å²) in [6.45, 7) is -0.604. The lowest BCUT2D eigenvalue weighted by atomic mass is 10.1. The van der Waals surface area contributed by atoms with Gasteiger partial charge in [0.1, 0.15) is 29.8 Å². The summed E-state index contributed by atoms with van der Waals surface area (Å²) in [5, 5.41) is 10.4. The first-order chi connectivity index (χ1) is 13.6. The van der Waals surface area contributed by atoms with Crippen LogP contribution in [-0.2, 0) is 24.5 Å². The minimum absolute atomic E-state index is 0.0258. The summed E-state index contributed by atoms with van der Waals surface area (Å²) in [4.78, 5) is 22.7. The van der Waals surface area contributed by atoms with E-state index in [1.165, 1.54) is 31.4 Å². The number of amides is 1. The highest BCUT2D eigenvalue weighted by molar-refractivity contribution is 7.92. The average Bonchev–Trinajstić information content (AvgIpc) is 2.93. The van der Waals surface area contributed by atoms with E-state index in [9.17, 15) is 23.1 Å². The molecule has 29 heavy (non-hydrogen) atoms. The Morgan fingerprint density at radius 1 is 1.41 bits per heavy atom. The number of carbonyl (C=O) groups excluding carboxylic acids is 2. The lowest BCUT2D eigenvalue weighted by Gasteiger charge is -2.18. The zero-order chi connectivity index (χ0) is 21.3.